The molecule has 0 spiro atoms. The van der Waals surface area contributed by atoms with Gasteiger partial charge in [0, 0.05) is 18.7 Å². The molecule has 138 valence electrons. The number of hydrogen-bond donors (Lipinski definition) is 1. The van der Waals surface area contributed by atoms with E-state index in [4.69, 9.17) is 0 Å². The van der Waals surface area contributed by atoms with Gasteiger partial charge >= 0.3 is 6.18 Å². The van der Waals surface area contributed by atoms with Gasteiger partial charge in [-0.2, -0.15) is 13.2 Å². The highest BCUT2D eigenvalue weighted by Crippen LogP contribution is 2.31. The molecule has 1 atom stereocenters. The summed E-state index contributed by atoms with van der Waals surface area (Å²) in [6.45, 7) is 0.580. The molecule has 3 nitrogen and oxygen atoms in total. The molecule has 1 aromatic heterocycles. The molecular weight excluding hydrogens is 361 g/mol. The van der Waals surface area contributed by atoms with Gasteiger partial charge in [-0.05, 0) is 42.5 Å². The fraction of sp³-hybridized carbons (Fsp3) is 0.368. The number of thioether (sulfide) groups is 1. The third-order valence-electron chi connectivity index (χ3n) is 4.45. The SMILES string of the molecule is O=C(CSc1ccc(C(F)(F)F)cn1)NCC1CCCc2ccccc21. The average Bonchev–Trinajstić information content (AvgIpc) is 2.64. The van der Waals surface area contributed by atoms with Gasteiger partial charge in [-0.15, -0.1) is 0 Å². The third kappa shape index (κ3) is 4.78. The number of carbonyl (C=O) groups excluding carboxylic acids is 1. The zero-order valence-electron chi connectivity index (χ0n) is 14.1. The monoisotopic (exact) mass is 380 g/mol. The fourth-order valence-electron chi connectivity index (χ4n) is 3.13. The minimum Gasteiger partial charge on any atom is -0.355 e. The first-order valence-electron chi connectivity index (χ1n) is 8.44. The molecular formula is C19H19F3N2OS. The van der Waals surface area contributed by atoms with Crippen molar-refractivity contribution in [2.45, 2.75) is 36.4 Å². The van der Waals surface area contributed by atoms with Crippen LogP contribution in [0.3, 0.4) is 0 Å². The summed E-state index contributed by atoms with van der Waals surface area (Å²) in [5.41, 5.74) is 1.86. The van der Waals surface area contributed by atoms with Gasteiger partial charge in [0.25, 0.3) is 0 Å². The van der Waals surface area contributed by atoms with Gasteiger partial charge < -0.3 is 5.32 Å². The molecule has 0 fully saturated rings. The molecule has 0 bridgehead atoms. The average molecular weight is 380 g/mol. The van der Waals surface area contributed by atoms with Gasteiger partial charge in [-0.25, -0.2) is 4.98 Å². The number of aromatic nitrogens is 1. The summed E-state index contributed by atoms with van der Waals surface area (Å²) in [6.07, 6.45) is -0.369. The Labute approximate surface area is 154 Å². The van der Waals surface area contributed by atoms with E-state index in [-0.39, 0.29) is 11.7 Å². The number of fused-ring (bicyclic) bond motifs is 1. The van der Waals surface area contributed by atoms with Crippen LogP contribution in [0, 0.1) is 0 Å². The maximum atomic E-state index is 12.5. The van der Waals surface area contributed by atoms with Crippen molar-refractivity contribution in [3.05, 3.63) is 59.3 Å². The number of pyridine rings is 1. The number of aryl methyl sites for hydroxylation is 1. The van der Waals surface area contributed by atoms with E-state index < -0.39 is 11.7 Å². The van der Waals surface area contributed by atoms with Crippen molar-refractivity contribution in [2.75, 3.05) is 12.3 Å². The van der Waals surface area contributed by atoms with Crippen LogP contribution in [0.15, 0.2) is 47.6 Å². The van der Waals surface area contributed by atoms with Crippen molar-refractivity contribution in [3.8, 4) is 0 Å². The van der Waals surface area contributed by atoms with Gasteiger partial charge in [0.1, 0.15) is 0 Å². The Kier molecular flexibility index (Phi) is 5.86. The van der Waals surface area contributed by atoms with Crippen LogP contribution in [0.5, 0.6) is 0 Å². The number of hydrogen-bond acceptors (Lipinski definition) is 3. The lowest BCUT2D eigenvalue weighted by Crippen LogP contribution is -2.31. The van der Waals surface area contributed by atoms with Gasteiger partial charge in [0.15, 0.2) is 0 Å². The molecule has 2 aromatic rings. The maximum absolute atomic E-state index is 12.5. The van der Waals surface area contributed by atoms with Gasteiger partial charge in [-0.1, -0.05) is 36.0 Å². The summed E-state index contributed by atoms with van der Waals surface area (Å²) in [5, 5.41) is 3.33. The minimum atomic E-state index is -4.40. The van der Waals surface area contributed by atoms with Crippen LogP contribution < -0.4 is 5.32 Å². The second-order valence-corrected chi connectivity index (χ2v) is 7.26. The van der Waals surface area contributed by atoms with Gasteiger partial charge in [0.05, 0.1) is 16.3 Å². The predicted octanol–water partition coefficient (Wildman–Crippen LogP) is 4.43. The molecule has 1 N–H and O–H groups in total. The number of nitrogens with one attached hydrogen (secondary N) is 1. The van der Waals surface area contributed by atoms with E-state index in [0.717, 1.165) is 43.3 Å². The number of amides is 1. The van der Waals surface area contributed by atoms with Crippen molar-refractivity contribution in [1.82, 2.24) is 10.3 Å². The lowest BCUT2D eigenvalue weighted by atomic mass is 9.83. The first-order chi connectivity index (χ1) is 12.4. The molecule has 0 aliphatic heterocycles. The van der Waals surface area contributed by atoms with Crippen molar-refractivity contribution >= 4 is 17.7 Å². The van der Waals surface area contributed by atoms with Crippen LogP contribution >= 0.6 is 11.8 Å². The summed E-state index contributed by atoms with van der Waals surface area (Å²) < 4.78 is 37.5. The standard InChI is InChI=1S/C19H19F3N2OS/c20-19(21,22)15-8-9-18(24-11-15)26-12-17(25)23-10-14-6-3-5-13-4-1-2-7-16(13)14/h1-2,4,7-9,11,14H,3,5-6,10,12H2,(H,23,25). The highest BCUT2D eigenvalue weighted by molar-refractivity contribution is 7.99. The Morgan fingerprint density at radius 1 is 1.23 bits per heavy atom. The van der Waals surface area contributed by atoms with Crippen LogP contribution in [0.2, 0.25) is 0 Å². The van der Waals surface area contributed by atoms with Crippen molar-refractivity contribution in [3.63, 3.8) is 0 Å². The Balaban J connectivity index is 1.48. The fourth-order valence-corrected chi connectivity index (χ4v) is 3.80. The van der Waals surface area contributed by atoms with Crippen LogP contribution in [0.4, 0.5) is 13.2 Å². The number of carbonyl (C=O) groups is 1. The molecule has 1 aromatic carbocycles. The smallest absolute Gasteiger partial charge is 0.355 e. The topological polar surface area (TPSA) is 42.0 Å². The first kappa shape index (κ1) is 18.8. The third-order valence-corrected chi connectivity index (χ3v) is 5.40. The van der Waals surface area contributed by atoms with Crippen molar-refractivity contribution in [2.24, 2.45) is 0 Å². The van der Waals surface area contributed by atoms with E-state index in [1.807, 2.05) is 12.1 Å². The van der Waals surface area contributed by atoms with E-state index in [1.54, 1.807) is 0 Å². The Bertz CT molecular complexity index is 762. The minimum absolute atomic E-state index is 0.132. The molecule has 1 unspecified atom stereocenters. The van der Waals surface area contributed by atoms with Crippen LogP contribution in [0.1, 0.15) is 35.4 Å². The summed E-state index contributed by atoms with van der Waals surface area (Å²) in [5.74, 6) is 0.310. The molecule has 1 aliphatic carbocycles. The Hall–Kier alpha value is -2.02. The van der Waals surface area contributed by atoms with E-state index in [2.05, 4.69) is 22.4 Å². The molecule has 0 saturated carbocycles. The molecule has 0 radical (unpaired) electrons. The molecule has 1 heterocycles. The number of alkyl halides is 3. The second-order valence-electron chi connectivity index (χ2n) is 6.26. The zero-order chi connectivity index (χ0) is 18.6. The quantitative estimate of drug-likeness (QED) is 0.781. The lowest BCUT2D eigenvalue weighted by Gasteiger charge is -2.25. The number of rotatable bonds is 5. The van der Waals surface area contributed by atoms with E-state index in [1.165, 1.54) is 17.2 Å². The van der Waals surface area contributed by atoms with Crippen LogP contribution in [-0.4, -0.2) is 23.2 Å². The normalized spacial score (nSPS) is 16.8. The number of halogens is 3. The predicted molar refractivity (Wildman–Crippen MR) is 95.1 cm³/mol. The van der Waals surface area contributed by atoms with Crippen molar-refractivity contribution < 1.29 is 18.0 Å². The molecule has 1 amide bonds. The summed E-state index contributed by atoms with van der Waals surface area (Å²) in [4.78, 5) is 15.8. The second kappa shape index (κ2) is 8.12. The maximum Gasteiger partial charge on any atom is 0.417 e. The van der Waals surface area contributed by atoms with Gasteiger partial charge in [-0.3, -0.25) is 4.79 Å². The van der Waals surface area contributed by atoms with Crippen LogP contribution in [0.25, 0.3) is 0 Å². The van der Waals surface area contributed by atoms with Gasteiger partial charge in [0.2, 0.25) is 5.91 Å². The lowest BCUT2D eigenvalue weighted by molar-refractivity contribution is -0.137. The first-order valence-corrected chi connectivity index (χ1v) is 9.42. The highest BCUT2D eigenvalue weighted by Gasteiger charge is 2.30. The number of benzene rings is 1. The molecule has 3 rings (SSSR count). The Morgan fingerprint density at radius 3 is 2.77 bits per heavy atom. The molecule has 0 saturated heterocycles. The number of nitrogens with zero attached hydrogens (tertiary/aromatic N) is 1. The summed E-state index contributed by atoms with van der Waals surface area (Å²) >= 11 is 1.13. The largest absolute Gasteiger partial charge is 0.417 e. The molecule has 7 heteroatoms. The van der Waals surface area contributed by atoms with Crippen molar-refractivity contribution in [1.29, 1.82) is 0 Å². The Morgan fingerprint density at radius 2 is 2.04 bits per heavy atom. The highest BCUT2D eigenvalue weighted by atomic mass is 32.2. The summed E-state index contributed by atoms with van der Waals surface area (Å²) in [6, 6.07) is 10.6. The summed E-state index contributed by atoms with van der Waals surface area (Å²) in [7, 11) is 0. The van der Waals surface area contributed by atoms with E-state index in [0.29, 0.717) is 17.5 Å². The molecule has 26 heavy (non-hydrogen) atoms. The van der Waals surface area contributed by atoms with E-state index in [9.17, 15) is 18.0 Å². The van der Waals surface area contributed by atoms with E-state index >= 15 is 0 Å². The van der Waals surface area contributed by atoms with Crippen LogP contribution in [-0.2, 0) is 17.4 Å². The zero-order valence-corrected chi connectivity index (χ0v) is 14.9. The molecule has 1 aliphatic rings.